The van der Waals surface area contributed by atoms with Gasteiger partial charge in [-0.2, -0.15) is 0 Å². The summed E-state index contributed by atoms with van der Waals surface area (Å²) in [6.45, 7) is 16.8. The molecule has 1 fully saturated rings. The van der Waals surface area contributed by atoms with Gasteiger partial charge in [-0.25, -0.2) is 0 Å². The van der Waals surface area contributed by atoms with Gasteiger partial charge in [0.1, 0.15) is 8.07 Å². The molecule has 0 bridgehead atoms. The maximum absolute atomic E-state index is 5.78. The highest BCUT2D eigenvalue weighted by Crippen LogP contribution is 2.54. The molecule has 0 unspecified atom stereocenters. The Morgan fingerprint density at radius 1 is 1.05 bits per heavy atom. The molecule has 0 heterocycles. The van der Waals surface area contributed by atoms with Crippen molar-refractivity contribution in [3.63, 3.8) is 0 Å². The fourth-order valence-corrected chi connectivity index (χ4v) is 9.75. The first-order chi connectivity index (χ1) is 9.70. The molecule has 21 heavy (non-hydrogen) atoms. The summed E-state index contributed by atoms with van der Waals surface area (Å²) in [5.74, 6) is 5.40. The van der Waals surface area contributed by atoms with Gasteiger partial charge < -0.3 is 0 Å². The lowest BCUT2D eigenvalue weighted by molar-refractivity contribution is 0.572. The molecule has 122 valence electrons. The van der Waals surface area contributed by atoms with E-state index in [0.29, 0.717) is 5.41 Å². The van der Waals surface area contributed by atoms with Crippen molar-refractivity contribution in [3.8, 4) is 11.5 Å². The number of alkyl halides is 1. The zero-order valence-corrected chi connectivity index (χ0v) is 17.0. The maximum atomic E-state index is 5.78. The first-order valence-electron chi connectivity index (χ1n) is 8.81. The first kappa shape index (κ1) is 19.1. The van der Waals surface area contributed by atoms with Crippen molar-refractivity contribution in [2.45, 2.75) is 90.8 Å². The lowest BCUT2D eigenvalue weighted by Gasteiger charge is -2.38. The molecule has 0 saturated heterocycles. The van der Waals surface area contributed by atoms with Crippen LogP contribution in [0, 0.1) is 22.8 Å². The third-order valence-corrected chi connectivity index (χ3v) is 12.3. The van der Waals surface area contributed by atoms with Crippen molar-refractivity contribution >= 4 is 19.7 Å². The average molecular weight is 327 g/mol. The van der Waals surface area contributed by atoms with Gasteiger partial charge in [-0.1, -0.05) is 48.0 Å². The van der Waals surface area contributed by atoms with E-state index in [4.69, 9.17) is 11.6 Å². The molecule has 0 spiro atoms. The van der Waals surface area contributed by atoms with Crippen LogP contribution in [0.2, 0.25) is 16.6 Å². The summed E-state index contributed by atoms with van der Waals surface area (Å²) < 4.78 is 0. The maximum Gasteiger partial charge on any atom is 0.145 e. The minimum atomic E-state index is -1.55. The minimum Gasteiger partial charge on any atom is -0.130 e. The van der Waals surface area contributed by atoms with Gasteiger partial charge in [0.2, 0.25) is 0 Å². The third-order valence-electron chi connectivity index (χ3n) is 5.78. The van der Waals surface area contributed by atoms with Crippen LogP contribution in [-0.2, 0) is 0 Å². The van der Waals surface area contributed by atoms with Crippen LogP contribution in [0.1, 0.15) is 74.1 Å². The molecule has 0 aromatic rings. The summed E-state index contributed by atoms with van der Waals surface area (Å²) in [4.78, 5) is 0. The fraction of sp³-hybridized carbons (Fsp3) is 0.895. The molecule has 0 nitrogen and oxygen atoms in total. The summed E-state index contributed by atoms with van der Waals surface area (Å²) in [7, 11) is -1.55. The second kappa shape index (κ2) is 7.56. The molecule has 1 aliphatic rings. The SMILES string of the molecule is CC(C)[Si](C#C[C@@]1(C)C[C@@H]1CCCCCl)(C(C)C)C(C)C. The van der Waals surface area contributed by atoms with E-state index in [1.807, 2.05) is 0 Å². The lowest BCUT2D eigenvalue weighted by atomic mass is 10.0. The predicted octanol–water partition coefficient (Wildman–Crippen LogP) is 6.64. The van der Waals surface area contributed by atoms with E-state index in [2.05, 4.69) is 59.9 Å². The molecule has 2 heteroatoms. The van der Waals surface area contributed by atoms with E-state index in [1.54, 1.807) is 0 Å². The highest BCUT2D eigenvalue weighted by molar-refractivity contribution is 6.90. The lowest BCUT2D eigenvalue weighted by Crippen LogP contribution is -2.43. The monoisotopic (exact) mass is 326 g/mol. The summed E-state index contributed by atoms with van der Waals surface area (Å²) in [5.41, 5.74) is 6.44. The van der Waals surface area contributed by atoms with E-state index in [0.717, 1.165) is 34.8 Å². The molecule has 1 rings (SSSR count). The van der Waals surface area contributed by atoms with Crippen LogP contribution in [0.3, 0.4) is 0 Å². The van der Waals surface area contributed by atoms with Gasteiger partial charge in [-0.15, -0.1) is 23.1 Å². The molecule has 0 aromatic heterocycles. The van der Waals surface area contributed by atoms with E-state index < -0.39 is 8.07 Å². The van der Waals surface area contributed by atoms with Crippen LogP contribution < -0.4 is 0 Å². The molecule has 0 aromatic carbocycles. The van der Waals surface area contributed by atoms with Gasteiger partial charge in [-0.3, -0.25) is 0 Å². The van der Waals surface area contributed by atoms with Gasteiger partial charge >= 0.3 is 0 Å². The van der Waals surface area contributed by atoms with Crippen molar-refractivity contribution in [2.24, 2.45) is 11.3 Å². The zero-order chi connectivity index (χ0) is 16.3. The van der Waals surface area contributed by atoms with Crippen molar-refractivity contribution in [1.29, 1.82) is 0 Å². The molecule has 2 atom stereocenters. The second-order valence-electron chi connectivity index (χ2n) is 8.15. The number of hydrogen-bond acceptors (Lipinski definition) is 0. The van der Waals surface area contributed by atoms with E-state index >= 15 is 0 Å². The smallest absolute Gasteiger partial charge is 0.130 e. The summed E-state index contributed by atoms with van der Waals surface area (Å²) in [5, 5.41) is 0. The van der Waals surface area contributed by atoms with Gasteiger partial charge in [0, 0.05) is 11.3 Å². The zero-order valence-electron chi connectivity index (χ0n) is 15.2. The largest absolute Gasteiger partial charge is 0.145 e. The van der Waals surface area contributed by atoms with Gasteiger partial charge in [-0.05, 0) is 48.7 Å². The van der Waals surface area contributed by atoms with Crippen molar-refractivity contribution in [2.75, 3.05) is 5.88 Å². The van der Waals surface area contributed by atoms with Crippen LogP contribution in [-0.4, -0.2) is 14.0 Å². The van der Waals surface area contributed by atoms with Crippen LogP contribution in [0.4, 0.5) is 0 Å². The Balaban J connectivity index is 2.83. The Hall–Kier alpha value is 0.0669. The normalized spacial score (nSPS) is 25.4. The Kier molecular flexibility index (Phi) is 6.88. The van der Waals surface area contributed by atoms with Crippen LogP contribution >= 0.6 is 11.6 Å². The second-order valence-corrected chi connectivity index (χ2v) is 14.1. The van der Waals surface area contributed by atoms with Crippen LogP contribution in [0.15, 0.2) is 0 Å². The fourth-order valence-electron chi connectivity index (χ4n) is 4.20. The Bertz CT molecular complexity index is 366. The third kappa shape index (κ3) is 4.29. The van der Waals surface area contributed by atoms with Crippen molar-refractivity contribution in [1.82, 2.24) is 0 Å². The number of unbranched alkanes of at least 4 members (excludes halogenated alkanes) is 1. The standard InChI is InChI=1S/C19H35ClSi/c1-15(2)21(16(3)4,17(5)6)13-11-19(7)14-18(19)10-8-9-12-20/h15-18H,8-10,12,14H2,1-7H3/t18-,19-/m0/s1. The molecular formula is C19H35ClSi. The minimum absolute atomic E-state index is 0.309. The van der Waals surface area contributed by atoms with E-state index in [1.165, 1.54) is 19.3 Å². The molecule has 1 aliphatic carbocycles. The summed E-state index contributed by atoms with van der Waals surface area (Å²) >= 11 is 5.78. The highest BCUT2D eigenvalue weighted by atomic mass is 35.5. The van der Waals surface area contributed by atoms with Crippen molar-refractivity contribution in [3.05, 3.63) is 0 Å². The van der Waals surface area contributed by atoms with Crippen molar-refractivity contribution < 1.29 is 0 Å². The quantitative estimate of drug-likeness (QED) is 0.213. The van der Waals surface area contributed by atoms with Gasteiger partial charge in [0.15, 0.2) is 0 Å². The Morgan fingerprint density at radius 3 is 2.00 bits per heavy atom. The molecule has 0 N–H and O–H groups in total. The van der Waals surface area contributed by atoms with Crippen LogP contribution in [0.5, 0.6) is 0 Å². The number of halogens is 1. The topological polar surface area (TPSA) is 0 Å². The molecule has 0 amide bonds. The van der Waals surface area contributed by atoms with Gasteiger partial charge in [0.25, 0.3) is 0 Å². The molecule has 1 saturated carbocycles. The molecular weight excluding hydrogens is 292 g/mol. The highest BCUT2D eigenvalue weighted by Gasteiger charge is 2.49. The molecule has 0 radical (unpaired) electrons. The Morgan fingerprint density at radius 2 is 1.57 bits per heavy atom. The summed E-state index contributed by atoms with van der Waals surface area (Å²) in [6.07, 6.45) is 5.05. The van der Waals surface area contributed by atoms with E-state index in [9.17, 15) is 0 Å². The molecule has 0 aliphatic heterocycles. The average Bonchev–Trinajstić information content (AvgIpc) is 3.00. The Labute approximate surface area is 139 Å². The van der Waals surface area contributed by atoms with E-state index in [-0.39, 0.29) is 0 Å². The van der Waals surface area contributed by atoms with Gasteiger partial charge in [0.05, 0.1) is 0 Å². The van der Waals surface area contributed by atoms with Crippen LogP contribution in [0.25, 0.3) is 0 Å². The number of hydrogen-bond donors (Lipinski definition) is 0. The first-order valence-corrected chi connectivity index (χ1v) is 11.6. The summed E-state index contributed by atoms with van der Waals surface area (Å²) in [6, 6.07) is 0. The predicted molar refractivity (Wildman–Crippen MR) is 99.6 cm³/mol. The number of rotatable bonds is 7.